The number of amides is 1. The third kappa shape index (κ3) is 4.02. The van der Waals surface area contributed by atoms with Crippen molar-refractivity contribution in [3.05, 3.63) is 105 Å². The Kier molecular flexibility index (Phi) is 6.20. The van der Waals surface area contributed by atoms with E-state index in [0.29, 0.717) is 34.9 Å². The zero-order valence-electron chi connectivity index (χ0n) is 18.7. The van der Waals surface area contributed by atoms with Gasteiger partial charge in [0.15, 0.2) is 5.78 Å². The Labute approximate surface area is 209 Å². The number of ketones is 1. The molecule has 1 aliphatic heterocycles. The Bertz CT molecular complexity index is 1300. The molecule has 172 valence electrons. The minimum Gasteiger partial charge on any atom is -0.357 e. The molecule has 2 aliphatic rings. The van der Waals surface area contributed by atoms with E-state index < -0.39 is 6.04 Å². The van der Waals surface area contributed by atoms with Gasteiger partial charge in [-0.1, -0.05) is 72.6 Å². The second-order valence-electron chi connectivity index (χ2n) is 8.66. The highest BCUT2D eigenvalue weighted by molar-refractivity contribution is 6.31. The summed E-state index contributed by atoms with van der Waals surface area (Å²) < 4.78 is 0. The quantitative estimate of drug-likeness (QED) is 0.418. The fourth-order valence-corrected chi connectivity index (χ4v) is 5.36. The second-order valence-corrected chi connectivity index (χ2v) is 9.50. The first-order chi connectivity index (χ1) is 16.5. The number of allylic oxidation sites excluding steroid dienone is 1. The summed E-state index contributed by atoms with van der Waals surface area (Å²) in [6.45, 7) is 1.83. The molecule has 0 aromatic heterocycles. The third-order valence-corrected chi connectivity index (χ3v) is 7.20. The highest BCUT2D eigenvalue weighted by Crippen LogP contribution is 2.48. The van der Waals surface area contributed by atoms with E-state index in [9.17, 15) is 9.59 Å². The largest absolute Gasteiger partial charge is 0.357 e. The highest BCUT2D eigenvalue weighted by Gasteiger charge is 2.41. The van der Waals surface area contributed by atoms with E-state index in [2.05, 4.69) is 5.32 Å². The van der Waals surface area contributed by atoms with Gasteiger partial charge in [-0.25, -0.2) is 0 Å². The van der Waals surface area contributed by atoms with Crippen LogP contribution in [-0.4, -0.2) is 11.7 Å². The maximum absolute atomic E-state index is 13.8. The number of rotatable bonds is 3. The molecule has 3 aromatic rings. The van der Waals surface area contributed by atoms with E-state index in [0.717, 1.165) is 28.2 Å². The summed E-state index contributed by atoms with van der Waals surface area (Å²) in [5.74, 6) is -0.0376. The Morgan fingerprint density at radius 1 is 0.971 bits per heavy atom. The number of nitrogens with one attached hydrogen (secondary N) is 1. The van der Waals surface area contributed by atoms with Crippen molar-refractivity contribution in [1.82, 2.24) is 0 Å². The number of fused-ring (bicyclic) bond motifs is 1. The Morgan fingerprint density at radius 3 is 2.41 bits per heavy atom. The van der Waals surface area contributed by atoms with Crippen molar-refractivity contribution < 1.29 is 9.59 Å². The molecule has 5 rings (SSSR count). The van der Waals surface area contributed by atoms with E-state index in [1.54, 1.807) is 11.0 Å². The summed E-state index contributed by atoms with van der Waals surface area (Å²) in [5.41, 5.74) is 4.80. The molecule has 2 atom stereocenters. The molecule has 4 nitrogen and oxygen atoms in total. The molecule has 0 saturated carbocycles. The molecule has 0 bridgehead atoms. The van der Waals surface area contributed by atoms with Gasteiger partial charge in [-0.3, -0.25) is 14.5 Å². The van der Waals surface area contributed by atoms with E-state index in [1.807, 2.05) is 73.7 Å². The van der Waals surface area contributed by atoms with Gasteiger partial charge in [-0.2, -0.15) is 0 Å². The van der Waals surface area contributed by atoms with Gasteiger partial charge < -0.3 is 5.32 Å². The SMILES string of the molecule is CCC(=O)N1c2ccccc2NC2=C(C(=O)C[C@H](c3ccc(Cl)cc3)C2)[C@@H]1c1ccccc1Cl. The van der Waals surface area contributed by atoms with Crippen LogP contribution in [0.1, 0.15) is 49.3 Å². The molecule has 34 heavy (non-hydrogen) atoms. The zero-order chi connectivity index (χ0) is 23.8. The Hall–Kier alpha value is -3.08. The van der Waals surface area contributed by atoms with Gasteiger partial charge in [0.25, 0.3) is 0 Å². The van der Waals surface area contributed by atoms with Gasteiger partial charge in [-0.05, 0) is 53.8 Å². The maximum atomic E-state index is 13.8. The molecule has 1 amide bonds. The van der Waals surface area contributed by atoms with Crippen molar-refractivity contribution >= 4 is 46.3 Å². The van der Waals surface area contributed by atoms with Crippen molar-refractivity contribution in [2.75, 3.05) is 10.2 Å². The topological polar surface area (TPSA) is 49.4 Å². The molecule has 0 spiro atoms. The first-order valence-corrected chi connectivity index (χ1v) is 12.2. The molecule has 0 unspecified atom stereocenters. The van der Waals surface area contributed by atoms with Crippen molar-refractivity contribution in [3.63, 3.8) is 0 Å². The van der Waals surface area contributed by atoms with Crippen molar-refractivity contribution in [3.8, 4) is 0 Å². The summed E-state index contributed by atoms with van der Waals surface area (Å²) >= 11 is 12.8. The molecule has 6 heteroatoms. The number of benzene rings is 3. The first kappa shape index (κ1) is 22.7. The Morgan fingerprint density at radius 2 is 1.68 bits per heavy atom. The summed E-state index contributed by atoms with van der Waals surface area (Å²) in [6.07, 6.45) is 1.30. The van der Waals surface area contributed by atoms with E-state index in [4.69, 9.17) is 23.2 Å². The van der Waals surface area contributed by atoms with E-state index in [-0.39, 0.29) is 17.6 Å². The lowest BCUT2D eigenvalue weighted by molar-refractivity contribution is -0.119. The fourth-order valence-electron chi connectivity index (χ4n) is 5.00. The maximum Gasteiger partial charge on any atom is 0.227 e. The van der Waals surface area contributed by atoms with Crippen LogP contribution in [0.3, 0.4) is 0 Å². The number of carbonyl (C=O) groups is 2. The lowest BCUT2D eigenvalue weighted by Crippen LogP contribution is -2.38. The van der Waals surface area contributed by atoms with Crippen LogP contribution in [0.15, 0.2) is 84.1 Å². The van der Waals surface area contributed by atoms with E-state index in [1.165, 1.54) is 0 Å². The standard InChI is InChI=1S/C28H24Cl2N2O2/c1-2-26(34)32-24-10-6-5-9-22(24)31-23-15-18(17-11-13-19(29)14-12-17)16-25(33)27(23)28(32)20-7-3-4-8-21(20)30/h3-14,18,28,31H,2,15-16H2,1H3/t18-,28+/m1/s1. The summed E-state index contributed by atoms with van der Waals surface area (Å²) in [5, 5.41) is 4.72. The van der Waals surface area contributed by atoms with Crippen LogP contribution in [0.5, 0.6) is 0 Å². The van der Waals surface area contributed by atoms with Gasteiger partial charge in [0, 0.05) is 34.2 Å². The van der Waals surface area contributed by atoms with Crippen molar-refractivity contribution in [1.29, 1.82) is 0 Å². The van der Waals surface area contributed by atoms with Gasteiger partial charge in [0.1, 0.15) is 0 Å². The third-order valence-electron chi connectivity index (χ3n) is 6.60. The van der Waals surface area contributed by atoms with Crippen LogP contribution in [0, 0.1) is 0 Å². The monoisotopic (exact) mass is 490 g/mol. The highest BCUT2D eigenvalue weighted by atomic mass is 35.5. The summed E-state index contributed by atoms with van der Waals surface area (Å²) in [6, 6.07) is 22.2. The number of para-hydroxylation sites is 2. The number of Topliss-reactive ketones (excluding diaryl/α,β-unsaturated/α-hetero) is 1. The molecule has 0 saturated heterocycles. The summed E-state index contributed by atoms with van der Waals surface area (Å²) in [4.78, 5) is 29.0. The van der Waals surface area contributed by atoms with Crippen LogP contribution in [0.25, 0.3) is 0 Å². The fraction of sp³-hybridized carbons (Fsp3) is 0.214. The predicted molar refractivity (Wildman–Crippen MR) is 137 cm³/mol. The van der Waals surface area contributed by atoms with Crippen LogP contribution >= 0.6 is 23.2 Å². The number of nitrogens with zero attached hydrogens (tertiary/aromatic N) is 1. The number of carbonyl (C=O) groups excluding carboxylic acids is 2. The van der Waals surface area contributed by atoms with Crippen LogP contribution in [0.2, 0.25) is 10.0 Å². The lowest BCUT2D eigenvalue weighted by Gasteiger charge is -2.35. The van der Waals surface area contributed by atoms with E-state index >= 15 is 0 Å². The molecular formula is C28H24Cl2N2O2. The molecule has 1 heterocycles. The number of hydrogen-bond acceptors (Lipinski definition) is 3. The molecule has 3 aromatic carbocycles. The van der Waals surface area contributed by atoms with Crippen LogP contribution in [-0.2, 0) is 9.59 Å². The smallest absolute Gasteiger partial charge is 0.227 e. The summed E-state index contributed by atoms with van der Waals surface area (Å²) in [7, 11) is 0. The van der Waals surface area contributed by atoms with Gasteiger partial charge in [0.05, 0.1) is 17.4 Å². The first-order valence-electron chi connectivity index (χ1n) is 11.4. The zero-order valence-corrected chi connectivity index (χ0v) is 20.2. The average Bonchev–Trinajstić information content (AvgIpc) is 2.99. The van der Waals surface area contributed by atoms with Crippen molar-refractivity contribution in [2.24, 2.45) is 0 Å². The van der Waals surface area contributed by atoms with Gasteiger partial charge in [-0.15, -0.1) is 0 Å². The number of hydrogen-bond donors (Lipinski definition) is 1. The van der Waals surface area contributed by atoms with Crippen LogP contribution < -0.4 is 10.2 Å². The van der Waals surface area contributed by atoms with Gasteiger partial charge >= 0.3 is 0 Å². The number of halogens is 2. The second kappa shape index (κ2) is 9.28. The predicted octanol–water partition coefficient (Wildman–Crippen LogP) is 7.30. The lowest BCUT2D eigenvalue weighted by atomic mass is 9.78. The van der Waals surface area contributed by atoms with Crippen molar-refractivity contribution in [2.45, 2.75) is 38.1 Å². The minimum atomic E-state index is -0.606. The average molecular weight is 491 g/mol. The van der Waals surface area contributed by atoms with Crippen LogP contribution in [0.4, 0.5) is 11.4 Å². The molecule has 1 aliphatic carbocycles. The molecular weight excluding hydrogens is 467 g/mol. The Balaban J connectivity index is 1.72. The molecule has 0 radical (unpaired) electrons. The minimum absolute atomic E-state index is 0.0142. The van der Waals surface area contributed by atoms with Gasteiger partial charge in [0.2, 0.25) is 5.91 Å². The molecule has 1 N–H and O–H groups in total. The normalized spacial score (nSPS) is 19.7. The number of anilines is 2. The molecule has 0 fully saturated rings.